The number of ether oxygens (including phenoxy) is 1. The Morgan fingerprint density at radius 1 is 1.17 bits per heavy atom. The second kappa shape index (κ2) is 7.68. The number of aromatic nitrogens is 2. The van der Waals surface area contributed by atoms with Gasteiger partial charge in [0.05, 0.1) is 6.10 Å². The van der Waals surface area contributed by atoms with Crippen LogP contribution in [0.3, 0.4) is 0 Å². The van der Waals surface area contributed by atoms with Gasteiger partial charge in [0.1, 0.15) is 23.5 Å². The van der Waals surface area contributed by atoms with Crippen molar-refractivity contribution in [3.8, 4) is 5.75 Å². The molecule has 0 saturated carbocycles. The first-order valence-corrected chi connectivity index (χ1v) is 8.20. The Kier molecular flexibility index (Phi) is 5.37. The highest BCUT2D eigenvalue weighted by Crippen LogP contribution is 2.21. The maximum Gasteiger partial charge on any atom is 0.126 e. The van der Waals surface area contributed by atoms with Gasteiger partial charge in [-0.05, 0) is 44.0 Å². The fourth-order valence-electron chi connectivity index (χ4n) is 2.86. The van der Waals surface area contributed by atoms with Crippen LogP contribution in [-0.4, -0.2) is 45.3 Å². The van der Waals surface area contributed by atoms with E-state index in [1.54, 1.807) is 12.1 Å². The lowest BCUT2D eigenvalue weighted by atomic mass is 10.1. The van der Waals surface area contributed by atoms with Gasteiger partial charge in [-0.1, -0.05) is 0 Å². The zero-order chi connectivity index (χ0) is 16.9. The lowest BCUT2D eigenvalue weighted by Gasteiger charge is -2.21. The van der Waals surface area contributed by atoms with E-state index in [0.29, 0.717) is 18.6 Å². The minimum atomic E-state index is -0.533. The molecule has 0 aliphatic carbocycles. The van der Waals surface area contributed by atoms with Crippen LogP contribution < -0.4 is 4.74 Å². The van der Waals surface area contributed by atoms with Gasteiger partial charge in [0.15, 0.2) is 0 Å². The van der Waals surface area contributed by atoms with Gasteiger partial charge in [-0.15, -0.1) is 0 Å². The van der Waals surface area contributed by atoms with Gasteiger partial charge in [-0.25, -0.2) is 14.4 Å². The van der Waals surface area contributed by atoms with E-state index in [1.165, 1.54) is 12.1 Å². The Morgan fingerprint density at radius 2 is 1.83 bits per heavy atom. The smallest absolute Gasteiger partial charge is 0.126 e. The normalized spacial score (nSPS) is 22.1. The molecule has 1 fully saturated rings. The van der Waals surface area contributed by atoms with Crippen LogP contribution in [0.4, 0.5) is 4.39 Å². The number of hydrogen-bond acceptors (Lipinski definition) is 5. The standard InChI is InChI=1S/C18H22FN3O2/c1-13-20-10-14(11-21-13)12-22-8-6-17(23)18(7-9-22)24-16-4-2-15(19)3-5-16/h2-5,10-11,17-18,23H,6-9,12H2,1H3/t17-,18-/m0/s1. The lowest BCUT2D eigenvalue weighted by molar-refractivity contribution is 0.0349. The summed E-state index contributed by atoms with van der Waals surface area (Å²) < 4.78 is 18.8. The molecule has 1 aliphatic rings. The molecule has 1 aromatic heterocycles. The predicted octanol–water partition coefficient (Wildman–Crippen LogP) is 2.33. The molecule has 2 atom stereocenters. The van der Waals surface area contributed by atoms with Gasteiger partial charge in [-0.2, -0.15) is 0 Å². The SMILES string of the molecule is Cc1ncc(CN2CC[C@H](Oc3ccc(F)cc3)[C@@H](O)CC2)cn1. The summed E-state index contributed by atoms with van der Waals surface area (Å²) in [5, 5.41) is 10.3. The molecule has 6 heteroatoms. The molecule has 2 aromatic rings. The van der Waals surface area contributed by atoms with E-state index >= 15 is 0 Å². The van der Waals surface area contributed by atoms with Gasteiger partial charge in [-0.3, -0.25) is 4.90 Å². The molecule has 3 rings (SSSR count). The van der Waals surface area contributed by atoms with E-state index in [9.17, 15) is 9.50 Å². The number of halogens is 1. The summed E-state index contributed by atoms with van der Waals surface area (Å²) in [4.78, 5) is 10.7. The van der Waals surface area contributed by atoms with Crippen LogP contribution >= 0.6 is 0 Å². The third kappa shape index (κ3) is 4.49. The van der Waals surface area contributed by atoms with Gasteiger partial charge < -0.3 is 9.84 Å². The quantitative estimate of drug-likeness (QED) is 0.932. The molecule has 0 amide bonds. The van der Waals surface area contributed by atoms with Gasteiger partial charge >= 0.3 is 0 Å². The molecule has 0 spiro atoms. The van der Waals surface area contributed by atoms with Crippen LogP contribution in [-0.2, 0) is 6.54 Å². The zero-order valence-corrected chi connectivity index (χ0v) is 13.7. The Hall–Kier alpha value is -2.05. The zero-order valence-electron chi connectivity index (χ0n) is 13.7. The van der Waals surface area contributed by atoms with Crippen molar-refractivity contribution in [1.29, 1.82) is 0 Å². The molecule has 2 heterocycles. The number of hydrogen-bond donors (Lipinski definition) is 1. The molecule has 0 radical (unpaired) electrons. The molecule has 128 valence electrons. The van der Waals surface area contributed by atoms with E-state index in [4.69, 9.17) is 4.74 Å². The molecule has 1 N–H and O–H groups in total. The van der Waals surface area contributed by atoms with Crippen molar-refractivity contribution in [2.24, 2.45) is 0 Å². The molecule has 1 saturated heterocycles. The van der Waals surface area contributed by atoms with Gasteiger partial charge in [0, 0.05) is 37.6 Å². The summed E-state index contributed by atoms with van der Waals surface area (Å²) in [6.45, 7) is 4.23. The van der Waals surface area contributed by atoms with Crippen LogP contribution in [0.25, 0.3) is 0 Å². The Morgan fingerprint density at radius 3 is 2.54 bits per heavy atom. The number of aliphatic hydroxyl groups excluding tert-OH is 1. The summed E-state index contributed by atoms with van der Waals surface area (Å²) in [6, 6.07) is 5.91. The molecular formula is C18H22FN3O2. The highest BCUT2D eigenvalue weighted by atomic mass is 19.1. The molecule has 24 heavy (non-hydrogen) atoms. The average Bonchev–Trinajstić information content (AvgIpc) is 2.75. The number of aryl methyl sites for hydroxylation is 1. The number of nitrogens with zero attached hydrogens (tertiary/aromatic N) is 3. The van der Waals surface area contributed by atoms with Gasteiger partial charge in [0.2, 0.25) is 0 Å². The first kappa shape index (κ1) is 16.8. The van der Waals surface area contributed by atoms with E-state index in [-0.39, 0.29) is 11.9 Å². The molecule has 0 unspecified atom stereocenters. The summed E-state index contributed by atoms with van der Waals surface area (Å²) in [5.74, 6) is 1.05. The molecule has 1 aliphatic heterocycles. The van der Waals surface area contributed by atoms with Gasteiger partial charge in [0.25, 0.3) is 0 Å². The van der Waals surface area contributed by atoms with Crippen molar-refractivity contribution in [3.63, 3.8) is 0 Å². The summed E-state index contributed by atoms with van der Waals surface area (Å²) >= 11 is 0. The van der Waals surface area contributed by atoms with Crippen molar-refractivity contribution >= 4 is 0 Å². The molecule has 1 aromatic carbocycles. The Bertz CT molecular complexity index is 648. The largest absolute Gasteiger partial charge is 0.488 e. The summed E-state index contributed by atoms with van der Waals surface area (Å²) in [5.41, 5.74) is 1.06. The predicted molar refractivity (Wildman–Crippen MR) is 88.1 cm³/mol. The first-order chi connectivity index (χ1) is 11.6. The fourth-order valence-corrected chi connectivity index (χ4v) is 2.86. The summed E-state index contributed by atoms with van der Waals surface area (Å²) in [7, 11) is 0. The minimum absolute atomic E-state index is 0.283. The third-order valence-electron chi connectivity index (χ3n) is 4.24. The van der Waals surface area contributed by atoms with E-state index in [2.05, 4.69) is 14.9 Å². The molecule has 5 nitrogen and oxygen atoms in total. The van der Waals surface area contributed by atoms with Crippen LogP contribution in [0, 0.1) is 12.7 Å². The highest BCUT2D eigenvalue weighted by molar-refractivity contribution is 5.22. The fraction of sp³-hybridized carbons (Fsp3) is 0.444. The van der Waals surface area contributed by atoms with Crippen molar-refractivity contribution in [2.75, 3.05) is 13.1 Å². The Labute approximate surface area is 141 Å². The number of rotatable bonds is 4. The van der Waals surface area contributed by atoms with Crippen LogP contribution in [0.1, 0.15) is 24.2 Å². The van der Waals surface area contributed by atoms with E-state index in [1.807, 2.05) is 19.3 Å². The number of benzene rings is 1. The maximum atomic E-state index is 13.0. The maximum absolute atomic E-state index is 13.0. The topological polar surface area (TPSA) is 58.5 Å². The minimum Gasteiger partial charge on any atom is -0.488 e. The van der Waals surface area contributed by atoms with Crippen molar-refractivity contribution in [1.82, 2.24) is 14.9 Å². The molecular weight excluding hydrogens is 309 g/mol. The second-order valence-corrected chi connectivity index (χ2v) is 6.17. The second-order valence-electron chi connectivity index (χ2n) is 6.17. The number of aliphatic hydroxyl groups is 1. The summed E-state index contributed by atoms with van der Waals surface area (Å²) in [6.07, 6.45) is 4.22. The average molecular weight is 331 g/mol. The van der Waals surface area contributed by atoms with Crippen molar-refractivity contribution in [2.45, 2.75) is 38.5 Å². The van der Waals surface area contributed by atoms with Crippen molar-refractivity contribution < 1.29 is 14.2 Å². The third-order valence-corrected chi connectivity index (χ3v) is 4.24. The number of likely N-dealkylation sites (tertiary alicyclic amines) is 1. The monoisotopic (exact) mass is 331 g/mol. The van der Waals surface area contributed by atoms with Crippen LogP contribution in [0.5, 0.6) is 5.75 Å². The molecule has 0 bridgehead atoms. The van der Waals surface area contributed by atoms with Crippen LogP contribution in [0.2, 0.25) is 0 Å². The van der Waals surface area contributed by atoms with E-state index in [0.717, 1.165) is 31.0 Å². The van der Waals surface area contributed by atoms with E-state index < -0.39 is 6.10 Å². The highest BCUT2D eigenvalue weighted by Gasteiger charge is 2.26. The first-order valence-electron chi connectivity index (χ1n) is 8.20. The Balaban J connectivity index is 1.58. The van der Waals surface area contributed by atoms with Crippen molar-refractivity contribution in [3.05, 3.63) is 53.9 Å². The lowest BCUT2D eigenvalue weighted by Crippen LogP contribution is -2.31. The van der Waals surface area contributed by atoms with Crippen LogP contribution in [0.15, 0.2) is 36.7 Å².